The topological polar surface area (TPSA) is 67.2 Å². The molecule has 3 aromatic carbocycles. The van der Waals surface area contributed by atoms with Gasteiger partial charge < -0.3 is 10.2 Å². The van der Waals surface area contributed by atoms with E-state index in [1.54, 1.807) is 15.7 Å². The molecule has 0 unspecified atom stereocenters. The van der Waals surface area contributed by atoms with E-state index in [0.717, 1.165) is 28.1 Å². The van der Waals surface area contributed by atoms with Crippen LogP contribution in [0.25, 0.3) is 23.0 Å². The van der Waals surface area contributed by atoms with Gasteiger partial charge in [0.2, 0.25) is 11.8 Å². The van der Waals surface area contributed by atoms with Crippen LogP contribution in [0.4, 0.5) is 5.82 Å². The summed E-state index contributed by atoms with van der Waals surface area (Å²) in [5, 5.41) is 7.73. The van der Waals surface area contributed by atoms with Gasteiger partial charge >= 0.3 is 0 Å². The molecule has 0 fully saturated rings. The van der Waals surface area contributed by atoms with Crippen molar-refractivity contribution in [2.45, 2.75) is 26.8 Å². The lowest BCUT2D eigenvalue weighted by atomic mass is 10.1. The molecular formula is C30H30N4O2. The maximum Gasteiger partial charge on any atom is 0.247 e. The van der Waals surface area contributed by atoms with Crippen LogP contribution in [-0.2, 0) is 9.59 Å². The highest BCUT2D eigenvalue weighted by atomic mass is 16.2. The smallest absolute Gasteiger partial charge is 0.247 e. The summed E-state index contributed by atoms with van der Waals surface area (Å²) >= 11 is 0. The SMILES string of the molecule is Cc1ccc(-n2nc(-c3ccccc3)cc2NC(=O)CN(C(=O)/C=C/c2ccccc2)C(C)C)cc1. The van der Waals surface area contributed by atoms with Crippen molar-refractivity contribution in [1.29, 1.82) is 0 Å². The van der Waals surface area contributed by atoms with Gasteiger partial charge in [0.05, 0.1) is 11.4 Å². The summed E-state index contributed by atoms with van der Waals surface area (Å²) in [7, 11) is 0. The first-order chi connectivity index (χ1) is 17.4. The lowest BCUT2D eigenvalue weighted by Gasteiger charge is -2.25. The number of nitrogens with zero attached hydrogens (tertiary/aromatic N) is 3. The Morgan fingerprint density at radius 3 is 2.22 bits per heavy atom. The highest BCUT2D eigenvalue weighted by Crippen LogP contribution is 2.25. The van der Waals surface area contributed by atoms with Crippen LogP contribution in [0.3, 0.4) is 0 Å². The standard InChI is InChI=1S/C30H30N4O2/c1-22(2)33(30(36)19-16-24-10-6-4-7-11-24)21-29(35)31-28-20-27(25-12-8-5-9-13-25)32-34(28)26-17-14-23(3)15-18-26/h4-20,22H,21H2,1-3H3,(H,31,35)/b19-16+. The third kappa shape index (κ3) is 6.16. The summed E-state index contributed by atoms with van der Waals surface area (Å²) in [6, 6.07) is 29.0. The van der Waals surface area contributed by atoms with Crippen molar-refractivity contribution in [3.05, 3.63) is 108 Å². The number of amides is 2. The van der Waals surface area contributed by atoms with Gasteiger partial charge in [-0.2, -0.15) is 5.10 Å². The molecule has 0 radical (unpaired) electrons. The van der Waals surface area contributed by atoms with E-state index in [1.807, 2.05) is 112 Å². The molecule has 0 aliphatic carbocycles. The molecule has 1 aromatic heterocycles. The third-order valence-corrected chi connectivity index (χ3v) is 5.76. The van der Waals surface area contributed by atoms with Crippen molar-refractivity contribution < 1.29 is 9.59 Å². The summed E-state index contributed by atoms with van der Waals surface area (Å²) in [5.41, 5.74) is 4.59. The number of carbonyl (C=O) groups excluding carboxylic acids is 2. The van der Waals surface area contributed by atoms with E-state index in [4.69, 9.17) is 5.10 Å². The maximum absolute atomic E-state index is 13.1. The summed E-state index contributed by atoms with van der Waals surface area (Å²) < 4.78 is 1.72. The molecule has 6 nitrogen and oxygen atoms in total. The number of anilines is 1. The van der Waals surface area contributed by atoms with E-state index >= 15 is 0 Å². The van der Waals surface area contributed by atoms with Crippen LogP contribution in [0.15, 0.2) is 97.1 Å². The summed E-state index contributed by atoms with van der Waals surface area (Å²) in [4.78, 5) is 27.6. The van der Waals surface area contributed by atoms with E-state index in [0.29, 0.717) is 5.82 Å². The van der Waals surface area contributed by atoms with Crippen LogP contribution in [0.2, 0.25) is 0 Å². The van der Waals surface area contributed by atoms with Crippen LogP contribution in [0.5, 0.6) is 0 Å². The van der Waals surface area contributed by atoms with Crippen LogP contribution in [-0.4, -0.2) is 39.1 Å². The number of nitrogens with one attached hydrogen (secondary N) is 1. The number of carbonyl (C=O) groups is 2. The molecule has 2 amide bonds. The van der Waals surface area contributed by atoms with Crippen molar-refractivity contribution >= 4 is 23.7 Å². The third-order valence-electron chi connectivity index (χ3n) is 5.76. The van der Waals surface area contributed by atoms with Crippen molar-refractivity contribution in [1.82, 2.24) is 14.7 Å². The Balaban J connectivity index is 1.56. The molecule has 4 rings (SSSR count). The van der Waals surface area contributed by atoms with Crippen molar-refractivity contribution in [3.63, 3.8) is 0 Å². The summed E-state index contributed by atoms with van der Waals surface area (Å²) in [6.45, 7) is 5.74. The fourth-order valence-electron chi connectivity index (χ4n) is 3.78. The molecule has 0 bridgehead atoms. The van der Waals surface area contributed by atoms with E-state index < -0.39 is 0 Å². The first kappa shape index (κ1) is 24.7. The number of benzene rings is 3. The Kier molecular flexibility index (Phi) is 7.75. The van der Waals surface area contributed by atoms with Gasteiger partial charge in [0.1, 0.15) is 12.4 Å². The van der Waals surface area contributed by atoms with Gasteiger partial charge in [0, 0.05) is 23.7 Å². The first-order valence-corrected chi connectivity index (χ1v) is 12.0. The van der Waals surface area contributed by atoms with Crippen molar-refractivity contribution in [2.24, 2.45) is 0 Å². The van der Waals surface area contributed by atoms with E-state index in [2.05, 4.69) is 5.32 Å². The molecule has 36 heavy (non-hydrogen) atoms. The molecule has 0 aliphatic rings. The normalized spacial score (nSPS) is 11.1. The predicted molar refractivity (Wildman–Crippen MR) is 145 cm³/mol. The number of aryl methyl sites for hydroxylation is 1. The highest BCUT2D eigenvalue weighted by Gasteiger charge is 2.20. The molecule has 0 spiro atoms. The van der Waals surface area contributed by atoms with Crippen molar-refractivity contribution in [3.8, 4) is 16.9 Å². The fourth-order valence-corrected chi connectivity index (χ4v) is 3.78. The monoisotopic (exact) mass is 478 g/mol. The molecule has 1 heterocycles. The molecule has 1 N–H and O–H groups in total. The number of aromatic nitrogens is 2. The van der Waals surface area contributed by atoms with Gasteiger partial charge in [0.25, 0.3) is 0 Å². The highest BCUT2D eigenvalue weighted by molar-refractivity contribution is 5.98. The minimum Gasteiger partial charge on any atom is -0.327 e. The second-order valence-electron chi connectivity index (χ2n) is 8.88. The van der Waals surface area contributed by atoms with Gasteiger partial charge in [-0.3, -0.25) is 9.59 Å². The zero-order chi connectivity index (χ0) is 25.5. The average molecular weight is 479 g/mol. The molecule has 0 aliphatic heterocycles. The van der Waals surface area contributed by atoms with Crippen molar-refractivity contribution in [2.75, 3.05) is 11.9 Å². The number of rotatable bonds is 8. The molecular weight excluding hydrogens is 448 g/mol. The molecule has 0 atom stereocenters. The second kappa shape index (κ2) is 11.3. The minimum atomic E-state index is -0.293. The van der Waals surface area contributed by atoms with Crippen LogP contribution in [0.1, 0.15) is 25.0 Å². The molecule has 182 valence electrons. The maximum atomic E-state index is 13.1. The Bertz CT molecular complexity index is 1340. The van der Waals surface area contributed by atoms with Crippen LogP contribution >= 0.6 is 0 Å². The van der Waals surface area contributed by atoms with Gasteiger partial charge in [-0.05, 0) is 44.5 Å². The molecule has 6 heteroatoms. The van der Waals surface area contributed by atoms with E-state index in [9.17, 15) is 9.59 Å². The summed E-state index contributed by atoms with van der Waals surface area (Å²) in [6.07, 6.45) is 3.26. The Hall–Kier alpha value is -4.45. The Morgan fingerprint density at radius 2 is 1.58 bits per heavy atom. The number of hydrogen-bond donors (Lipinski definition) is 1. The van der Waals surface area contributed by atoms with Gasteiger partial charge in [-0.15, -0.1) is 0 Å². The lowest BCUT2D eigenvalue weighted by Crippen LogP contribution is -2.41. The number of hydrogen-bond acceptors (Lipinski definition) is 3. The first-order valence-electron chi connectivity index (χ1n) is 12.0. The zero-order valence-corrected chi connectivity index (χ0v) is 20.8. The van der Waals surface area contributed by atoms with Crippen LogP contribution < -0.4 is 5.32 Å². The second-order valence-corrected chi connectivity index (χ2v) is 8.88. The van der Waals surface area contributed by atoms with Crippen LogP contribution in [0, 0.1) is 6.92 Å². The van der Waals surface area contributed by atoms with E-state index in [-0.39, 0.29) is 24.4 Å². The quantitative estimate of drug-likeness (QED) is 0.329. The summed E-state index contributed by atoms with van der Waals surface area (Å²) in [5.74, 6) is 0.0257. The van der Waals surface area contributed by atoms with Gasteiger partial charge in [-0.25, -0.2) is 4.68 Å². The zero-order valence-electron chi connectivity index (χ0n) is 20.8. The fraction of sp³-hybridized carbons (Fsp3) is 0.167. The molecule has 4 aromatic rings. The Labute approximate surface area is 211 Å². The Morgan fingerprint density at radius 1 is 0.944 bits per heavy atom. The minimum absolute atomic E-state index is 0.0740. The van der Waals surface area contributed by atoms with E-state index in [1.165, 1.54) is 6.08 Å². The molecule has 0 saturated heterocycles. The average Bonchev–Trinajstić information content (AvgIpc) is 3.31. The van der Waals surface area contributed by atoms with Gasteiger partial charge in [0.15, 0.2) is 0 Å². The largest absolute Gasteiger partial charge is 0.327 e. The van der Waals surface area contributed by atoms with Gasteiger partial charge in [-0.1, -0.05) is 78.4 Å². The predicted octanol–water partition coefficient (Wildman–Crippen LogP) is 5.74. The molecule has 0 saturated carbocycles. The lowest BCUT2D eigenvalue weighted by molar-refractivity contribution is -0.132.